The van der Waals surface area contributed by atoms with E-state index in [-0.39, 0.29) is 23.5 Å². The molecule has 1 aliphatic carbocycles. The average molecular weight is 316 g/mol. The predicted octanol–water partition coefficient (Wildman–Crippen LogP) is 2.20. The van der Waals surface area contributed by atoms with E-state index in [9.17, 15) is 4.79 Å². The van der Waals surface area contributed by atoms with Crippen LogP contribution in [0, 0.1) is 0 Å². The number of aromatic amines is 1. The summed E-state index contributed by atoms with van der Waals surface area (Å²) in [6, 6.07) is 0. The Bertz CT molecular complexity index is 594. The second-order valence-corrected chi connectivity index (χ2v) is 5.06. The molecule has 2 heterocycles. The van der Waals surface area contributed by atoms with E-state index in [0.29, 0.717) is 17.3 Å². The molecule has 2 unspecified atom stereocenters. The van der Waals surface area contributed by atoms with Gasteiger partial charge in [0.1, 0.15) is 17.6 Å². The summed E-state index contributed by atoms with van der Waals surface area (Å²) in [6.45, 7) is 0. The number of fused-ring (bicyclic) bond motifs is 3. The van der Waals surface area contributed by atoms with Crippen LogP contribution >= 0.6 is 27.5 Å². The number of allylic oxidation sites excluding steroid dienone is 2. The van der Waals surface area contributed by atoms with Crippen LogP contribution in [0.3, 0.4) is 0 Å². The van der Waals surface area contributed by atoms with Gasteiger partial charge in [-0.25, -0.2) is 4.98 Å². The molecule has 1 aromatic rings. The van der Waals surface area contributed by atoms with E-state index in [0.717, 1.165) is 4.48 Å². The van der Waals surface area contributed by atoms with Crippen LogP contribution in [0.2, 0.25) is 0 Å². The van der Waals surface area contributed by atoms with Crippen LogP contribution < -0.4 is 10.3 Å². The van der Waals surface area contributed by atoms with Crippen LogP contribution in [0.15, 0.2) is 27.5 Å². The summed E-state index contributed by atoms with van der Waals surface area (Å²) in [6.07, 6.45) is 5.66. The van der Waals surface area contributed by atoms with Gasteiger partial charge in [0.2, 0.25) is 5.75 Å². The Balaban J connectivity index is 2.16. The number of hydrogen-bond donors (Lipinski definition) is 1. The van der Waals surface area contributed by atoms with Crippen LogP contribution in [0.5, 0.6) is 5.75 Å². The molecule has 0 saturated heterocycles. The number of ether oxygens (including phenoxy) is 1. The van der Waals surface area contributed by atoms with Gasteiger partial charge >= 0.3 is 0 Å². The first-order valence-electron chi connectivity index (χ1n) is 5.10. The normalized spacial score (nSPS) is 24.9. The van der Waals surface area contributed by atoms with Gasteiger partial charge in [-0.05, 0) is 12.2 Å². The van der Waals surface area contributed by atoms with Gasteiger partial charge in [-0.2, -0.15) is 0 Å². The van der Waals surface area contributed by atoms with E-state index in [1.165, 1.54) is 0 Å². The molecule has 0 saturated carbocycles. The topological polar surface area (TPSA) is 55.0 Å². The van der Waals surface area contributed by atoms with E-state index in [1.54, 1.807) is 0 Å². The lowest BCUT2D eigenvalue weighted by molar-refractivity contribution is 0.266. The third-order valence-corrected chi connectivity index (χ3v) is 3.57. The van der Waals surface area contributed by atoms with Crippen LogP contribution in [-0.2, 0) is 5.88 Å². The maximum Gasteiger partial charge on any atom is 0.293 e. The highest BCUT2D eigenvalue weighted by atomic mass is 79.9. The summed E-state index contributed by atoms with van der Waals surface area (Å²) in [5.74, 6) is 0.935. The lowest BCUT2D eigenvalue weighted by Gasteiger charge is -2.15. The Morgan fingerprint density at radius 3 is 3.18 bits per heavy atom. The summed E-state index contributed by atoms with van der Waals surface area (Å²) in [7, 11) is 0. The number of nitrogens with zero attached hydrogens (tertiary/aromatic N) is 1. The zero-order valence-electron chi connectivity index (χ0n) is 8.61. The highest BCUT2D eigenvalue weighted by molar-refractivity contribution is 9.11. The highest BCUT2D eigenvalue weighted by Gasteiger charge is 2.36. The summed E-state index contributed by atoms with van der Waals surface area (Å²) in [5.41, 5.74) is 0.397. The van der Waals surface area contributed by atoms with Crippen molar-refractivity contribution in [3.8, 4) is 5.75 Å². The molecule has 4 nitrogen and oxygen atoms in total. The minimum absolute atomic E-state index is 0.0198. The number of aromatic nitrogens is 2. The van der Waals surface area contributed by atoms with Crippen molar-refractivity contribution in [2.45, 2.75) is 17.9 Å². The van der Waals surface area contributed by atoms with Gasteiger partial charge in [0, 0.05) is 4.48 Å². The molecule has 1 N–H and O–H groups in total. The maximum absolute atomic E-state index is 11.8. The Hall–Kier alpha value is -1.07. The average Bonchev–Trinajstić information content (AvgIpc) is 2.68. The fraction of sp³-hybridized carbons (Fsp3) is 0.273. The van der Waals surface area contributed by atoms with Crippen molar-refractivity contribution in [3.63, 3.8) is 0 Å². The molecule has 2 aliphatic rings. The molecular weight excluding hydrogens is 307 g/mol. The molecule has 0 bridgehead atoms. The molecule has 0 radical (unpaired) electrons. The fourth-order valence-corrected chi connectivity index (χ4v) is 2.61. The number of rotatable bonds is 1. The van der Waals surface area contributed by atoms with Gasteiger partial charge in [-0.3, -0.25) is 4.79 Å². The van der Waals surface area contributed by atoms with Gasteiger partial charge in [-0.15, -0.1) is 11.6 Å². The van der Waals surface area contributed by atoms with Gasteiger partial charge in [-0.1, -0.05) is 22.0 Å². The molecular formula is C11H8BrClN2O2. The van der Waals surface area contributed by atoms with E-state index >= 15 is 0 Å². The van der Waals surface area contributed by atoms with Gasteiger partial charge in [0.25, 0.3) is 5.56 Å². The van der Waals surface area contributed by atoms with Crippen molar-refractivity contribution < 1.29 is 4.74 Å². The molecule has 88 valence electrons. The third kappa shape index (κ3) is 1.73. The SMILES string of the molecule is O=c1[nH]c(CCl)nc2c1OC1C=CC(Br)=CC21. The van der Waals surface area contributed by atoms with Crippen LogP contribution in [0.25, 0.3) is 0 Å². The molecule has 0 fully saturated rings. The number of H-pyrrole nitrogens is 1. The predicted molar refractivity (Wildman–Crippen MR) is 67.7 cm³/mol. The smallest absolute Gasteiger partial charge is 0.293 e. The first-order valence-corrected chi connectivity index (χ1v) is 6.43. The molecule has 0 amide bonds. The second kappa shape index (κ2) is 3.99. The Labute approximate surface area is 110 Å². The first-order chi connectivity index (χ1) is 8.19. The van der Waals surface area contributed by atoms with Gasteiger partial charge < -0.3 is 9.72 Å². The van der Waals surface area contributed by atoms with E-state index in [2.05, 4.69) is 25.9 Å². The van der Waals surface area contributed by atoms with Crippen molar-refractivity contribution in [2.24, 2.45) is 0 Å². The number of nitrogens with one attached hydrogen (secondary N) is 1. The minimum atomic E-state index is -0.266. The van der Waals surface area contributed by atoms with Crippen molar-refractivity contribution >= 4 is 27.5 Å². The van der Waals surface area contributed by atoms with E-state index < -0.39 is 0 Å². The lowest BCUT2D eigenvalue weighted by atomic mass is 9.96. The van der Waals surface area contributed by atoms with Crippen LogP contribution in [-0.4, -0.2) is 16.1 Å². The fourth-order valence-electron chi connectivity index (χ4n) is 2.04. The minimum Gasteiger partial charge on any atom is -0.478 e. The Morgan fingerprint density at radius 2 is 2.41 bits per heavy atom. The number of halogens is 2. The molecule has 17 heavy (non-hydrogen) atoms. The molecule has 0 aromatic carbocycles. The third-order valence-electron chi connectivity index (χ3n) is 2.79. The lowest BCUT2D eigenvalue weighted by Crippen LogP contribution is -2.17. The molecule has 3 rings (SSSR count). The molecule has 6 heteroatoms. The second-order valence-electron chi connectivity index (χ2n) is 3.88. The quantitative estimate of drug-likeness (QED) is 0.808. The maximum atomic E-state index is 11.8. The Kier molecular flexibility index (Phi) is 2.60. The molecule has 1 aliphatic heterocycles. The number of alkyl halides is 1. The zero-order chi connectivity index (χ0) is 12.0. The molecule has 0 spiro atoms. The largest absolute Gasteiger partial charge is 0.478 e. The van der Waals surface area contributed by atoms with Crippen molar-refractivity contribution in [1.82, 2.24) is 9.97 Å². The molecule has 1 aromatic heterocycles. The van der Waals surface area contributed by atoms with Crippen LogP contribution in [0.1, 0.15) is 17.4 Å². The number of hydrogen-bond acceptors (Lipinski definition) is 3. The highest BCUT2D eigenvalue weighted by Crippen LogP contribution is 2.39. The van der Waals surface area contributed by atoms with Gasteiger partial charge in [0.05, 0.1) is 11.8 Å². The van der Waals surface area contributed by atoms with Crippen molar-refractivity contribution in [1.29, 1.82) is 0 Å². The zero-order valence-corrected chi connectivity index (χ0v) is 11.0. The summed E-state index contributed by atoms with van der Waals surface area (Å²) >= 11 is 9.10. The first kappa shape index (κ1) is 11.0. The summed E-state index contributed by atoms with van der Waals surface area (Å²) < 4.78 is 6.55. The molecule has 2 atom stereocenters. The summed E-state index contributed by atoms with van der Waals surface area (Å²) in [4.78, 5) is 18.7. The monoisotopic (exact) mass is 314 g/mol. The standard InChI is InChI=1S/C11H8BrClN2O2/c12-5-1-2-7-6(3-5)9-10(17-7)11(16)15-8(4-13)14-9/h1-3,6-7H,4H2,(H,14,15,16). The van der Waals surface area contributed by atoms with Crippen molar-refractivity contribution in [2.75, 3.05) is 0 Å². The van der Waals surface area contributed by atoms with Crippen LogP contribution in [0.4, 0.5) is 0 Å². The summed E-state index contributed by atoms with van der Waals surface area (Å²) in [5, 5.41) is 0. The Morgan fingerprint density at radius 1 is 1.59 bits per heavy atom. The van der Waals surface area contributed by atoms with Crippen molar-refractivity contribution in [3.05, 3.63) is 44.6 Å². The van der Waals surface area contributed by atoms with E-state index in [4.69, 9.17) is 16.3 Å². The van der Waals surface area contributed by atoms with E-state index in [1.807, 2.05) is 18.2 Å². The van der Waals surface area contributed by atoms with Gasteiger partial charge in [0.15, 0.2) is 0 Å².